The van der Waals surface area contributed by atoms with Gasteiger partial charge in [-0.1, -0.05) is 12.8 Å². The van der Waals surface area contributed by atoms with Crippen molar-refractivity contribution < 1.29 is 13.8 Å². The van der Waals surface area contributed by atoms with E-state index in [0.717, 1.165) is 31.2 Å². The molecule has 0 amide bonds. The van der Waals surface area contributed by atoms with Gasteiger partial charge in [0, 0.05) is 32.1 Å². The third-order valence-corrected chi connectivity index (χ3v) is 8.73. The molecule has 0 bridgehead atoms. The van der Waals surface area contributed by atoms with E-state index in [-0.39, 0.29) is 17.5 Å². The third kappa shape index (κ3) is 3.87. The minimum absolute atomic E-state index is 0.0824. The number of nitriles is 1. The molecule has 1 aliphatic carbocycles. The molecule has 1 fully saturated rings. The van der Waals surface area contributed by atoms with Gasteiger partial charge in [0.05, 0.1) is 35.0 Å². The van der Waals surface area contributed by atoms with Crippen LogP contribution in [0.1, 0.15) is 37.3 Å². The summed E-state index contributed by atoms with van der Waals surface area (Å²) in [5, 5.41) is 18.1. The van der Waals surface area contributed by atoms with Crippen molar-refractivity contribution in [2.45, 2.75) is 43.2 Å². The molecule has 10 nitrogen and oxygen atoms in total. The maximum absolute atomic E-state index is 12.8. The summed E-state index contributed by atoms with van der Waals surface area (Å²) < 4.78 is 29.9. The van der Waals surface area contributed by atoms with Crippen molar-refractivity contribution in [2.24, 2.45) is 5.92 Å². The molecular formula is C23H28N6O4S. The Kier molecular flexibility index (Phi) is 6.09. The van der Waals surface area contributed by atoms with E-state index in [1.165, 1.54) is 0 Å². The summed E-state index contributed by atoms with van der Waals surface area (Å²) >= 11 is 0. The Morgan fingerprint density at radius 3 is 2.94 bits per heavy atom. The van der Waals surface area contributed by atoms with E-state index in [4.69, 9.17) is 9.84 Å². The van der Waals surface area contributed by atoms with Gasteiger partial charge in [0.1, 0.15) is 5.39 Å². The molecule has 0 saturated heterocycles. The number of ether oxygens (including phenoxy) is 1. The molecule has 2 aliphatic rings. The van der Waals surface area contributed by atoms with E-state index in [2.05, 4.69) is 16.4 Å². The fourth-order valence-corrected chi connectivity index (χ4v) is 6.65. The fourth-order valence-electron chi connectivity index (χ4n) is 5.00. The number of nitrogens with one attached hydrogen (secondary N) is 2. The zero-order chi connectivity index (χ0) is 23.9. The predicted molar refractivity (Wildman–Crippen MR) is 130 cm³/mol. The molecule has 180 valence electrons. The number of benzene rings is 1. The molecule has 3 aromatic rings. The lowest BCUT2D eigenvalue weighted by molar-refractivity contribution is 0.175. The third-order valence-electron chi connectivity index (χ3n) is 6.71. The van der Waals surface area contributed by atoms with Crippen LogP contribution in [0.3, 0.4) is 0 Å². The van der Waals surface area contributed by atoms with Gasteiger partial charge >= 0.3 is 0 Å². The number of nitrogens with zero attached hydrogens (tertiary/aromatic N) is 4. The molecule has 1 aliphatic heterocycles. The van der Waals surface area contributed by atoms with Crippen molar-refractivity contribution in [3.05, 3.63) is 46.4 Å². The Bertz CT molecular complexity index is 1310. The van der Waals surface area contributed by atoms with E-state index < -0.39 is 10.8 Å². The van der Waals surface area contributed by atoms with Crippen LogP contribution in [0, 0.1) is 17.2 Å². The summed E-state index contributed by atoms with van der Waals surface area (Å²) in [6.07, 6.45) is 5.31. The molecule has 2 atom stereocenters. The van der Waals surface area contributed by atoms with Gasteiger partial charge in [-0.15, -0.1) is 10.8 Å². The zero-order valence-electron chi connectivity index (χ0n) is 18.9. The van der Waals surface area contributed by atoms with Gasteiger partial charge in [-0.05, 0) is 42.7 Å². The van der Waals surface area contributed by atoms with Crippen LogP contribution in [0.4, 0.5) is 11.5 Å². The average Bonchev–Trinajstić information content (AvgIpc) is 3.32. The van der Waals surface area contributed by atoms with Crippen molar-refractivity contribution >= 4 is 33.2 Å². The molecule has 11 heteroatoms. The van der Waals surface area contributed by atoms with Crippen LogP contribution in [0.2, 0.25) is 0 Å². The van der Waals surface area contributed by atoms with Crippen LogP contribution < -0.4 is 10.9 Å². The lowest BCUT2D eigenvalue weighted by Gasteiger charge is -2.37. The van der Waals surface area contributed by atoms with Crippen LogP contribution in [0.15, 0.2) is 40.2 Å². The van der Waals surface area contributed by atoms with E-state index in [1.54, 1.807) is 29.7 Å². The smallest absolute Gasteiger partial charge is 0.261 e. The quantitative estimate of drug-likeness (QED) is 0.408. The van der Waals surface area contributed by atoms with Gasteiger partial charge in [0.15, 0.2) is 5.82 Å². The van der Waals surface area contributed by atoms with Crippen molar-refractivity contribution in [3.8, 4) is 6.07 Å². The monoisotopic (exact) mass is 484 g/mol. The van der Waals surface area contributed by atoms with Gasteiger partial charge in [-0.2, -0.15) is 14.7 Å². The summed E-state index contributed by atoms with van der Waals surface area (Å²) in [7, 11) is -1.47. The number of rotatable bonds is 6. The standard InChI is InChI=1S/C23H28N6O4S/c1-33-11-10-28-14-16-12-17(6-7-20(16)34(28,31)32)26-22-21-19(8-9-25-23(21)30)29(27-22)18-5-3-2-4-15(18)13-24/h6-9,12,15,18,31-32H,2-5,10-11,14H2,1H3,(H,25,30)(H,26,27)/t15-,18+/m1/s1. The Morgan fingerprint density at radius 1 is 1.32 bits per heavy atom. The largest absolute Gasteiger partial charge is 0.383 e. The Morgan fingerprint density at radius 2 is 2.15 bits per heavy atom. The summed E-state index contributed by atoms with van der Waals surface area (Å²) in [5.41, 5.74) is 1.93. The Hall–Kier alpha value is -2.88. The van der Waals surface area contributed by atoms with Gasteiger partial charge in [0.25, 0.3) is 5.56 Å². The molecule has 4 N–H and O–H groups in total. The highest BCUT2D eigenvalue weighted by molar-refractivity contribution is 8.22. The van der Waals surface area contributed by atoms with Crippen LogP contribution >= 0.6 is 10.8 Å². The number of methoxy groups -OCH3 is 1. The highest BCUT2D eigenvalue weighted by atomic mass is 32.3. The number of anilines is 2. The molecule has 1 aromatic carbocycles. The summed E-state index contributed by atoms with van der Waals surface area (Å²) in [6.45, 7) is 1.19. The van der Waals surface area contributed by atoms with Gasteiger partial charge in [-0.3, -0.25) is 18.6 Å². The second kappa shape index (κ2) is 9.05. The topological polar surface area (TPSA) is 139 Å². The van der Waals surface area contributed by atoms with Crippen LogP contribution in [-0.2, 0) is 11.3 Å². The van der Waals surface area contributed by atoms with Gasteiger partial charge < -0.3 is 15.0 Å². The Balaban J connectivity index is 1.50. The maximum atomic E-state index is 12.8. The van der Waals surface area contributed by atoms with Gasteiger partial charge in [-0.25, -0.2) is 0 Å². The molecule has 2 aromatic heterocycles. The molecule has 5 rings (SSSR count). The molecule has 3 heterocycles. The molecule has 34 heavy (non-hydrogen) atoms. The average molecular weight is 485 g/mol. The lowest BCUT2D eigenvalue weighted by atomic mass is 9.85. The SMILES string of the molecule is COCCN1Cc2cc(Nc3nn([C@H]4CCCC[C@@H]4C#N)c4cc[nH]c(=O)c34)ccc2S1(O)O. The van der Waals surface area contributed by atoms with Crippen LogP contribution in [-0.4, -0.2) is 48.4 Å². The minimum atomic E-state index is -3.05. The molecular weight excluding hydrogens is 456 g/mol. The van der Waals surface area contributed by atoms with Crippen molar-refractivity contribution in [2.75, 3.05) is 25.6 Å². The van der Waals surface area contributed by atoms with E-state index in [1.807, 2.05) is 16.8 Å². The summed E-state index contributed by atoms with van der Waals surface area (Å²) in [4.78, 5) is 16.0. The second-order valence-electron chi connectivity index (χ2n) is 8.77. The number of hydrogen-bond acceptors (Lipinski definition) is 8. The highest BCUT2D eigenvalue weighted by Crippen LogP contribution is 2.58. The Labute approximate surface area is 198 Å². The number of H-pyrrole nitrogens is 1. The number of fused-ring (bicyclic) bond motifs is 2. The summed E-state index contributed by atoms with van der Waals surface area (Å²) in [6, 6.07) is 9.48. The van der Waals surface area contributed by atoms with Crippen LogP contribution in [0.5, 0.6) is 0 Å². The van der Waals surface area contributed by atoms with E-state index in [9.17, 15) is 19.2 Å². The first kappa shape index (κ1) is 22.9. The summed E-state index contributed by atoms with van der Waals surface area (Å²) in [5.74, 6) is 0.271. The lowest BCUT2D eigenvalue weighted by Crippen LogP contribution is -2.25. The van der Waals surface area contributed by atoms with Gasteiger partial charge in [0.2, 0.25) is 0 Å². The number of pyridine rings is 1. The van der Waals surface area contributed by atoms with Crippen molar-refractivity contribution in [3.63, 3.8) is 0 Å². The highest BCUT2D eigenvalue weighted by Gasteiger charge is 2.35. The maximum Gasteiger partial charge on any atom is 0.261 e. The zero-order valence-corrected chi connectivity index (χ0v) is 19.7. The first-order chi connectivity index (χ1) is 16.4. The predicted octanol–water partition coefficient (Wildman–Crippen LogP) is 4.21. The molecule has 1 saturated carbocycles. The van der Waals surface area contributed by atoms with E-state index in [0.29, 0.717) is 47.0 Å². The number of hydrogen-bond donors (Lipinski definition) is 4. The molecule has 0 spiro atoms. The normalized spacial score (nSPS) is 22.9. The number of aromatic nitrogens is 3. The van der Waals surface area contributed by atoms with E-state index >= 15 is 0 Å². The fraction of sp³-hybridized carbons (Fsp3) is 0.435. The first-order valence-corrected chi connectivity index (χ1v) is 12.9. The number of aromatic amines is 1. The first-order valence-electron chi connectivity index (χ1n) is 11.4. The molecule has 0 unspecified atom stereocenters. The van der Waals surface area contributed by atoms with Crippen LogP contribution in [0.25, 0.3) is 10.9 Å². The van der Waals surface area contributed by atoms with Crippen molar-refractivity contribution in [1.29, 1.82) is 5.26 Å². The second-order valence-corrected chi connectivity index (χ2v) is 10.8. The molecule has 0 radical (unpaired) electrons. The van der Waals surface area contributed by atoms with Crippen molar-refractivity contribution in [1.82, 2.24) is 19.1 Å². The minimum Gasteiger partial charge on any atom is -0.383 e.